The standard InChI is InChI=1S/C15H28N2OS/c1-2-19-13-7-3-4-9-17(11-13)15(18)14-8-5-6-12(14)10-16/h12-14H,2-11,16H2,1H3/t12-,13?,14-/m1/s1. The van der Waals surface area contributed by atoms with Gasteiger partial charge in [0.25, 0.3) is 0 Å². The molecule has 2 fully saturated rings. The van der Waals surface area contributed by atoms with Gasteiger partial charge in [-0.2, -0.15) is 11.8 Å². The molecule has 3 atom stereocenters. The van der Waals surface area contributed by atoms with Crippen molar-refractivity contribution in [3.63, 3.8) is 0 Å². The summed E-state index contributed by atoms with van der Waals surface area (Å²) in [5.74, 6) is 2.21. The smallest absolute Gasteiger partial charge is 0.226 e. The lowest BCUT2D eigenvalue weighted by Gasteiger charge is -2.29. The summed E-state index contributed by atoms with van der Waals surface area (Å²) in [6, 6.07) is 0. The van der Waals surface area contributed by atoms with Crippen LogP contribution in [0.5, 0.6) is 0 Å². The first-order valence-electron chi connectivity index (χ1n) is 7.86. The van der Waals surface area contributed by atoms with E-state index < -0.39 is 0 Å². The van der Waals surface area contributed by atoms with E-state index in [4.69, 9.17) is 5.73 Å². The number of likely N-dealkylation sites (tertiary alicyclic amines) is 1. The van der Waals surface area contributed by atoms with Gasteiger partial charge in [0, 0.05) is 24.3 Å². The van der Waals surface area contributed by atoms with Crippen molar-refractivity contribution in [2.24, 2.45) is 17.6 Å². The van der Waals surface area contributed by atoms with Gasteiger partial charge in [-0.25, -0.2) is 0 Å². The molecule has 2 N–H and O–H groups in total. The van der Waals surface area contributed by atoms with Gasteiger partial charge in [-0.15, -0.1) is 0 Å². The quantitative estimate of drug-likeness (QED) is 0.863. The average molecular weight is 284 g/mol. The first-order valence-corrected chi connectivity index (χ1v) is 8.91. The van der Waals surface area contributed by atoms with E-state index in [0.29, 0.717) is 23.6 Å². The summed E-state index contributed by atoms with van der Waals surface area (Å²) in [4.78, 5) is 14.9. The Kier molecular flexibility index (Phi) is 6.02. The van der Waals surface area contributed by atoms with Crippen molar-refractivity contribution in [2.45, 2.75) is 50.7 Å². The Morgan fingerprint density at radius 2 is 2.11 bits per heavy atom. The van der Waals surface area contributed by atoms with Crippen molar-refractivity contribution in [2.75, 3.05) is 25.4 Å². The van der Waals surface area contributed by atoms with Gasteiger partial charge in [-0.3, -0.25) is 4.79 Å². The molecule has 0 radical (unpaired) electrons. The summed E-state index contributed by atoms with van der Waals surface area (Å²) < 4.78 is 0. The Morgan fingerprint density at radius 1 is 1.26 bits per heavy atom. The molecule has 1 saturated heterocycles. The molecule has 110 valence electrons. The number of hydrogen-bond donors (Lipinski definition) is 1. The number of carbonyl (C=O) groups excluding carboxylic acids is 1. The van der Waals surface area contributed by atoms with Crippen LogP contribution in [0.1, 0.15) is 45.4 Å². The number of rotatable bonds is 4. The Bertz CT molecular complexity index is 298. The van der Waals surface area contributed by atoms with E-state index >= 15 is 0 Å². The maximum absolute atomic E-state index is 12.7. The van der Waals surface area contributed by atoms with E-state index in [0.717, 1.165) is 31.7 Å². The first kappa shape index (κ1) is 15.2. The zero-order chi connectivity index (χ0) is 13.7. The summed E-state index contributed by atoms with van der Waals surface area (Å²) in [5, 5.41) is 0.647. The van der Waals surface area contributed by atoms with Gasteiger partial charge in [0.15, 0.2) is 0 Å². The second-order valence-corrected chi connectivity index (χ2v) is 7.47. The predicted octanol–water partition coefficient (Wildman–Crippen LogP) is 2.50. The summed E-state index contributed by atoms with van der Waals surface area (Å²) in [6.45, 7) is 4.82. The monoisotopic (exact) mass is 284 g/mol. The molecule has 2 rings (SSSR count). The minimum atomic E-state index is 0.218. The van der Waals surface area contributed by atoms with Crippen LogP contribution in [0.4, 0.5) is 0 Å². The Morgan fingerprint density at radius 3 is 2.84 bits per heavy atom. The van der Waals surface area contributed by atoms with Crippen LogP contribution >= 0.6 is 11.8 Å². The molecule has 0 spiro atoms. The molecule has 0 bridgehead atoms. The molecule has 2 aliphatic rings. The third-order valence-electron chi connectivity index (χ3n) is 4.62. The summed E-state index contributed by atoms with van der Waals surface area (Å²) in [5.41, 5.74) is 5.82. The van der Waals surface area contributed by atoms with Crippen LogP contribution in [0.3, 0.4) is 0 Å². The van der Waals surface area contributed by atoms with Crippen molar-refractivity contribution in [1.29, 1.82) is 0 Å². The van der Waals surface area contributed by atoms with Gasteiger partial charge in [0.1, 0.15) is 0 Å². The third-order valence-corrected chi connectivity index (χ3v) is 5.81. The van der Waals surface area contributed by atoms with Crippen LogP contribution in [0, 0.1) is 11.8 Å². The van der Waals surface area contributed by atoms with Gasteiger partial charge >= 0.3 is 0 Å². The van der Waals surface area contributed by atoms with E-state index in [1.54, 1.807) is 0 Å². The molecule has 4 heteroatoms. The zero-order valence-electron chi connectivity index (χ0n) is 12.1. The van der Waals surface area contributed by atoms with Crippen LogP contribution in [-0.4, -0.2) is 41.4 Å². The highest BCUT2D eigenvalue weighted by atomic mass is 32.2. The fourth-order valence-electron chi connectivity index (χ4n) is 3.55. The summed E-state index contributed by atoms with van der Waals surface area (Å²) in [6.07, 6.45) is 7.10. The maximum Gasteiger partial charge on any atom is 0.226 e. The lowest BCUT2D eigenvalue weighted by atomic mass is 9.94. The van der Waals surface area contributed by atoms with Gasteiger partial charge in [0.2, 0.25) is 5.91 Å². The fraction of sp³-hybridized carbons (Fsp3) is 0.933. The molecule has 1 heterocycles. The SMILES string of the molecule is CCSC1CCCCN(C(=O)[C@@H]2CCC[C@@H]2CN)C1. The number of hydrogen-bond acceptors (Lipinski definition) is 3. The number of nitrogens with two attached hydrogens (primary N) is 1. The first-order chi connectivity index (χ1) is 9.26. The molecule has 0 aromatic carbocycles. The van der Waals surface area contributed by atoms with Gasteiger partial charge < -0.3 is 10.6 Å². The highest BCUT2D eigenvalue weighted by Crippen LogP contribution is 2.33. The summed E-state index contributed by atoms with van der Waals surface area (Å²) >= 11 is 2.02. The highest BCUT2D eigenvalue weighted by molar-refractivity contribution is 7.99. The van der Waals surface area contributed by atoms with Gasteiger partial charge in [0.05, 0.1) is 0 Å². The van der Waals surface area contributed by atoms with Gasteiger partial charge in [-0.05, 0) is 43.9 Å². The van der Waals surface area contributed by atoms with E-state index in [-0.39, 0.29) is 5.92 Å². The van der Waals surface area contributed by atoms with Crippen molar-refractivity contribution < 1.29 is 4.79 Å². The van der Waals surface area contributed by atoms with Crippen molar-refractivity contribution >= 4 is 17.7 Å². The van der Waals surface area contributed by atoms with Crippen LogP contribution < -0.4 is 5.73 Å². The number of amides is 1. The minimum Gasteiger partial charge on any atom is -0.341 e. The Labute approximate surface area is 121 Å². The second kappa shape index (κ2) is 7.53. The summed E-state index contributed by atoms with van der Waals surface area (Å²) in [7, 11) is 0. The van der Waals surface area contributed by atoms with Crippen LogP contribution in [0.15, 0.2) is 0 Å². The maximum atomic E-state index is 12.7. The molecule has 1 aliphatic heterocycles. The van der Waals surface area contributed by atoms with Crippen LogP contribution in [0.25, 0.3) is 0 Å². The molecule has 3 nitrogen and oxygen atoms in total. The van der Waals surface area contributed by atoms with Crippen LogP contribution in [0.2, 0.25) is 0 Å². The van der Waals surface area contributed by atoms with E-state index in [2.05, 4.69) is 11.8 Å². The largest absolute Gasteiger partial charge is 0.341 e. The molecule has 0 aromatic heterocycles. The molecule has 0 aromatic rings. The molecule has 19 heavy (non-hydrogen) atoms. The van der Waals surface area contributed by atoms with Crippen LogP contribution in [-0.2, 0) is 4.79 Å². The fourth-order valence-corrected chi connectivity index (χ4v) is 4.64. The van der Waals surface area contributed by atoms with E-state index in [1.165, 1.54) is 25.7 Å². The normalized spacial score (nSPS) is 32.3. The topological polar surface area (TPSA) is 46.3 Å². The Hall–Kier alpha value is -0.220. The lowest BCUT2D eigenvalue weighted by molar-refractivity contribution is -0.136. The minimum absolute atomic E-state index is 0.218. The third kappa shape index (κ3) is 3.88. The van der Waals surface area contributed by atoms with Crippen molar-refractivity contribution in [3.8, 4) is 0 Å². The van der Waals surface area contributed by atoms with Crippen molar-refractivity contribution in [3.05, 3.63) is 0 Å². The van der Waals surface area contributed by atoms with E-state index in [9.17, 15) is 4.79 Å². The van der Waals surface area contributed by atoms with Gasteiger partial charge in [-0.1, -0.05) is 19.8 Å². The molecular formula is C15H28N2OS. The van der Waals surface area contributed by atoms with E-state index in [1.807, 2.05) is 11.8 Å². The van der Waals surface area contributed by atoms with Crippen molar-refractivity contribution in [1.82, 2.24) is 4.90 Å². The molecule has 1 saturated carbocycles. The number of thioether (sulfide) groups is 1. The predicted molar refractivity (Wildman–Crippen MR) is 82.2 cm³/mol. The zero-order valence-corrected chi connectivity index (χ0v) is 13.0. The number of carbonyl (C=O) groups is 1. The number of nitrogens with zero attached hydrogens (tertiary/aromatic N) is 1. The Balaban J connectivity index is 1.96. The molecule has 1 amide bonds. The molecule has 1 unspecified atom stereocenters. The molecular weight excluding hydrogens is 256 g/mol. The molecule has 1 aliphatic carbocycles. The lowest BCUT2D eigenvalue weighted by Crippen LogP contribution is -2.41. The highest BCUT2D eigenvalue weighted by Gasteiger charge is 2.35. The second-order valence-electron chi connectivity index (χ2n) is 5.89. The average Bonchev–Trinajstić information content (AvgIpc) is 2.77.